The molecule has 0 aliphatic carbocycles. The summed E-state index contributed by atoms with van der Waals surface area (Å²) in [6, 6.07) is 22.1. The minimum Gasteiger partial charge on any atom is -0.497 e. The molecular formula is C27H25N3O4S. The molecular weight excluding hydrogens is 462 g/mol. The van der Waals surface area contributed by atoms with Gasteiger partial charge in [-0.15, -0.1) is 11.3 Å². The molecule has 1 saturated heterocycles. The van der Waals surface area contributed by atoms with Gasteiger partial charge in [0, 0.05) is 23.9 Å². The van der Waals surface area contributed by atoms with E-state index in [1.807, 2.05) is 23.1 Å². The molecule has 35 heavy (non-hydrogen) atoms. The Morgan fingerprint density at radius 3 is 2.69 bits per heavy atom. The largest absolute Gasteiger partial charge is 0.497 e. The van der Waals surface area contributed by atoms with Crippen LogP contribution in [0.4, 0.5) is 5.69 Å². The highest BCUT2D eigenvalue weighted by atomic mass is 32.1. The van der Waals surface area contributed by atoms with Gasteiger partial charge in [0.25, 0.3) is 11.8 Å². The van der Waals surface area contributed by atoms with Crippen LogP contribution in [-0.4, -0.2) is 42.0 Å². The van der Waals surface area contributed by atoms with E-state index >= 15 is 0 Å². The van der Waals surface area contributed by atoms with Crippen LogP contribution in [0.2, 0.25) is 0 Å². The highest BCUT2D eigenvalue weighted by Gasteiger charge is 2.32. The lowest BCUT2D eigenvalue weighted by Gasteiger charge is -2.23. The predicted octanol–water partition coefficient (Wildman–Crippen LogP) is 5.30. The number of para-hydroxylation sites is 1. The molecule has 1 atom stereocenters. The number of carbonyl (C=O) groups excluding carboxylic acids is 2. The number of hydrogen-bond acceptors (Lipinski definition) is 6. The average molecular weight is 488 g/mol. The number of carbonyl (C=O) groups is 2. The van der Waals surface area contributed by atoms with E-state index in [4.69, 9.17) is 14.5 Å². The first-order chi connectivity index (χ1) is 17.1. The van der Waals surface area contributed by atoms with Gasteiger partial charge in [0.15, 0.2) is 6.61 Å². The second kappa shape index (κ2) is 10.1. The van der Waals surface area contributed by atoms with E-state index < -0.39 is 0 Å². The second-order valence-corrected chi connectivity index (χ2v) is 9.33. The normalized spacial score (nSPS) is 15.2. The minimum absolute atomic E-state index is 0.00358. The number of rotatable bonds is 7. The summed E-state index contributed by atoms with van der Waals surface area (Å²) in [5, 5.41) is 3.76. The lowest BCUT2D eigenvalue weighted by atomic mass is 10.1. The van der Waals surface area contributed by atoms with Crippen LogP contribution < -0.4 is 14.8 Å². The topological polar surface area (TPSA) is 80.8 Å². The standard InChI is InChI=1S/C27H25N3O4S/c1-33-21-7-4-6-19(16-21)28-25(31)17-34-20-13-11-18(12-14-20)27(32)30-15-5-9-23(30)26-29-22-8-2-3-10-24(22)35-26/h2-4,6-8,10-14,16,23H,5,9,15,17H2,1H3,(H,28,31)/t23-/m1/s1. The maximum Gasteiger partial charge on any atom is 0.262 e. The number of nitrogens with one attached hydrogen (secondary N) is 1. The van der Waals surface area contributed by atoms with Crippen molar-refractivity contribution in [2.24, 2.45) is 0 Å². The lowest BCUT2D eigenvalue weighted by molar-refractivity contribution is -0.118. The van der Waals surface area contributed by atoms with E-state index in [0.717, 1.165) is 28.1 Å². The van der Waals surface area contributed by atoms with Gasteiger partial charge in [-0.05, 0) is 61.4 Å². The van der Waals surface area contributed by atoms with Crippen LogP contribution in [0.25, 0.3) is 10.2 Å². The van der Waals surface area contributed by atoms with E-state index in [9.17, 15) is 9.59 Å². The number of thiazole rings is 1. The number of methoxy groups -OCH3 is 1. The average Bonchev–Trinajstić information content (AvgIpc) is 3.54. The number of benzene rings is 3. The van der Waals surface area contributed by atoms with Gasteiger partial charge in [-0.1, -0.05) is 18.2 Å². The van der Waals surface area contributed by atoms with Gasteiger partial charge in [-0.3, -0.25) is 9.59 Å². The molecule has 7 nitrogen and oxygen atoms in total. The second-order valence-electron chi connectivity index (χ2n) is 8.27. The minimum atomic E-state index is -0.283. The van der Waals surface area contributed by atoms with Crippen LogP contribution in [0.3, 0.4) is 0 Å². The number of nitrogens with zero attached hydrogens (tertiary/aromatic N) is 2. The first-order valence-electron chi connectivity index (χ1n) is 11.4. The summed E-state index contributed by atoms with van der Waals surface area (Å²) in [7, 11) is 1.57. The van der Waals surface area contributed by atoms with Gasteiger partial charge >= 0.3 is 0 Å². The number of fused-ring (bicyclic) bond motifs is 1. The van der Waals surface area contributed by atoms with Crippen molar-refractivity contribution in [1.29, 1.82) is 0 Å². The molecule has 0 unspecified atom stereocenters. The Morgan fingerprint density at radius 2 is 1.89 bits per heavy atom. The number of anilines is 1. The summed E-state index contributed by atoms with van der Waals surface area (Å²) in [5.74, 6) is 0.877. The van der Waals surface area contributed by atoms with E-state index in [1.165, 1.54) is 0 Å². The number of amides is 2. The first-order valence-corrected chi connectivity index (χ1v) is 12.3. The van der Waals surface area contributed by atoms with Crippen LogP contribution in [0.15, 0.2) is 72.8 Å². The highest BCUT2D eigenvalue weighted by Crippen LogP contribution is 2.37. The van der Waals surface area contributed by atoms with Crippen LogP contribution in [-0.2, 0) is 4.79 Å². The molecule has 1 N–H and O–H groups in total. The quantitative estimate of drug-likeness (QED) is 0.383. The fourth-order valence-electron chi connectivity index (χ4n) is 4.21. The highest BCUT2D eigenvalue weighted by molar-refractivity contribution is 7.18. The van der Waals surface area contributed by atoms with Crippen molar-refractivity contribution in [2.75, 3.05) is 25.6 Å². The molecule has 0 spiro atoms. The van der Waals surface area contributed by atoms with Crippen LogP contribution >= 0.6 is 11.3 Å². The summed E-state index contributed by atoms with van der Waals surface area (Å²) >= 11 is 1.66. The van der Waals surface area contributed by atoms with Crippen molar-refractivity contribution in [2.45, 2.75) is 18.9 Å². The molecule has 4 aromatic rings. The maximum atomic E-state index is 13.3. The molecule has 0 radical (unpaired) electrons. The monoisotopic (exact) mass is 487 g/mol. The van der Waals surface area contributed by atoms with Gasteiger partial charge in [0.2, 0.25) is 0 Å². The summed E-state index contributed by atoms with van der Waals surface area (Å²) < 4.78 is 11.9. The SMILES string of the molecule is COc1cccc(NC(=O)COc2ccc(C(=O)N3CCC[C@@H]3c3nc4ccccc4s3)cc2)c1. The van der Waals surface area contributed by atoms with Crippen molar-refractivity contribution in [3.63, 3.8) is 0 Å². The first kappa shape index (κ1) is 22.9. The molecule has 1 aromatic heterocycles. The molecule has 0 bridgehead atoms. The maximum absolute atomic E-state index is 13.3. The lowest BCUT2D eigenvalue weighted by Crippen LogP contribution is -2.30. The van der Waals surface area contributed by atoms with Crippen LogP contribution in [0.1, 0.15) is 34.2 Å². The Morgan fingerprint density at radius 1 is 1.06 bits per heavy atom. The zero-order valence-corrected chi connectivity index (χ0v) is 20.1. The van der Waals surface area contributed by atoms with Gasteiger partial charge < -0.3 is 19.7 Å². The van der Waals surface area contributed by atoms with Gasteiger partial charge in [0.1, 0.15) is 16.5 Å². The third-order valence-electron chi connectivity index (χ3n) is 5.93. The fourth-order valence-corrected chi connectivity index (χ4v) is 5.32. The van der Waals surface area contributed by atoms with Gasteiger partial charge in [0.05, 0.1) is 23.4 Å². The van der Waals surface area contributed by atoms with Gasteiger partial charge in [-0.2, -0.15) is 0 Å². The number of ether oxygens (including phenoxy) is 2. The molecule has 3 aromatic carbocycles. The molecule has 1 aliphatic heterocycles. The van der Waals surface area contributed by atoms with E-state index in [-0.39, 0.29) is 24.5 Å². The van der Waals surface area contributed by atoms with Crippen LogP contribution in [0, 0.1) is 0 Å². The number of likely N-dealkylation sites (tertiary alicyclic amines) is 1. The van der Waals surface area contributed by atoms with Crippen LogP contribution in [0.5, 0.6) is 11.5 Å². The zero-order valence-electron chi connectivity index (χ0n) is 19.3. The molecule has 8 heteroatoms. The third kappa shape index (κ3) is 5.12. The fraction of sp³-hybridized carbons (Fsp3) is 0.222. The molecule has 2 amide bonds. The van der Waals surface area contributed by atoms with Crippen molar-refractivity contribution in [3.05, 3.63) is 83.4 Å². The summed E-state index contributed by atoms with van der Waals surface area (Å²) in [5.41, 5.74) is 2.20. The van der Waals surface area contributed by atoms with Crippen molar-refractivity contribution >= 4 is 39.1 Å². The van der Waals surface area contributed by atoms with E-state index in [2.05, 4.69) is 11.4 Å². The Labute approximate surface area is 207 Å². The summed E-state index contributed by atoms with van der Waals surface area (Å²) in [6.07, 6.45) is 1.87. The molecule has 178 valence electrons. The van der Waals surface area contributed by atoms with Gasteiger partial charge in [-0.25, -0.2) is 4.98 Å². The predicted molar refractivity (Wildman–Crippen MR) is 136 cm³/mol. The van der Waals surface area contributed by atoms with E-state index in [0.29, 0.717) is 29.3 Å². The van der Waals surface area contributed by atoms with E-state index in [1.54, 1.807) is 67.0 Å². The number of hydrogen-bond donors (Lipinski definition) is 1. The zero-order chi connectivity index (χ0) is 24.2. The molecule has 2 heterocycles. The summed E-state index contributed by atoms with van der Waals surface area (Å²) in [6.45, 7) is 0.568. The molecule has 1 aliphatic rings. The molecule has 0 saturated carbocycles. The molecule has 5 rings (SSSR count). The van der Waals surface area contributed by atoms with Crippen molar-refractivity contribution in [1.82, 2.24) is 9.88 Å². The number of aromatic nitrogens is 1. The smallest absolute Gasteiger partial charge is 0.262 e. The Kier molecular flexibility index (Phi) is 6.63. The molecule has 1 fully saturated rings. The Hall–Kier alpha value is -3.91. The Bertz CT molecular complexity index is 1320. The van der Waals surface area contributed by atoms with Crippen molar-refractivity contribution < 1.29 is 19.1 Å². The Balaban J connectivity index is 1.20. The third-order valence-corrected chi connectivity index (χ3v) is 7.07. The summed E-state index contributed by atoms with van der Waals surface area (Å²) in [4.78, 5) is 32.2. The van der Waals surface area contributed by atoms with Crippen molar-refractivity contribution in [3.8, 4) is 11.5 Å².